The van der Waals surface area contributed by atoms with E-state index in [0.717, 1.165) is 0 Å². The molecule has 13 heavy (non-hydrogen) atoms. The fraction of sp³-hybridized carbons (Fsp3) is 0.222. The SMILES string of the molecule is N/N=C(\N)CCc1ccccc1F. The number of nitrogens with two attached hydrogens (primary N) is 2. The highest BCUT2D eigenvalue weighted by atomic mass is 19.1. The molecule has 3 nitrogen and oxygen atoms in total. The third-order valence-corrected chi connectivity index (χ3v) is 1.77. The standard InChI is InChI=1S/C9H12FN3/c10-8-4-2-1-3-7(8)5-6-9(11)13-12/h1-4H,5-6,12H2,(H2,11,13). The molecule has 70 valence electrons. The monoisotopic (exact) mass is 181 g/mol. The van der Waals surface area contributed by atoms with Crippen LogP contribution in [0.4, 0.5) is 4.39 Å². The lowest BCUT2D eigenvalue weighted by molar-refractivity contribution is 0.610. The number of aryl methyl sites for hydroxylation is 1. The van der Waals surface area contributed by atoms with E-state index in [1.54, 1.807) is 18.2 Å². The van der Waals surface area contributed by atoms with Gasteiger partial charge < -0.3 is 11.6 Å². The summed E-state index contributed by atoms with van der Waals surface area (Å²) in [5, 5.41) is 3.31. The summed E-state index contributed by atoms with van der Waals surface area (Å²) >= 11 is 0. The van der Waals surface area contributed by atoms with Crippen molar-refractivity contribution in [3.05, 3.63) is 35.6 Å². The fourth-order valence-corrected chi connectivity index (χ4v) is 1.03. The van der Waals surface area contributed by atoms with E-state index in [2.05, 4.69) is 5.10 Å². The number of hydrogen-bond donors (Lipinski definition) is 2. The number of hydrazone groups is 1. The number of halogens is 1. The second-order valence-electron chi connectivity index (χ2n) is 2.71. The van der Waals surface area contributed by atoms with Gasteiger partial charge in [0, 0.05) is 6.42 Å². The highest BCUT2D eigenvalue weighted by molar-refractivity contribution is 5.80. The Morgan fingerprint density at radius 3 is 2.69 bits per heavy atom. The van der Waals surface area contributed by atoms with Crippen molar-refractivity contribution in [2.75, 3.05) is 0 Å². The Labute approximate surface area is 76.2 Å². The molecule has 0 aliphatic heterocycles. The molecule has 0 unspecified atom stereocenters. The molecule has 0 heterocycles. The topological polar surface area (TPSA) is 64.4 Å². The molecular formula is C9H12FN3. The van der Waals surface area contributed by atoms with Gasteiger partial charge in [-0.3, -0.25) is 0 Å². The molecule has 0 fully saturated rings. The molecule has 0 radical (unpaired) electrons. The van der Waals surface area contributed by atoms with Gasteiger partial charge in [0.05, 0.1) is 0 Å². The maximum absolute atomic E-state index is 13.0. The molecular weight excluding hydrogens is 169 g/mol. The van der Waals surface area contributed by atoms with E-state index in [1.807, 2.05) is 0 Å². The van der Waals surface area contributed by atoms with Gasteiger partial charge in [0.15, 0.2) is 0 Å². The maximum atomic E-state index is 13.0. The van der Waals surface area contributed by atoms with Gasteiger partial charge in [0.1, 0.15) is 11.7 Å². The van der Waals surface area contributed by atoms with Crippen LogP contribution in [0.2, 0.25) is 0 Å². The van der Waals surface area contributed by atoms with Gasteiger partial charge in [-0.2, -0.15) is 5.10 Å². The van der Waals surface area contributed by atoms with Crippen molar-refractivity contribution in [2.24, 2.45) is 16.7 Å². The minimum atomic E-state index is -0.215. The van der Waals surface area contributed by atoms with Crippen LogP contribution >= 0.6 is 0 Å². The second kappa shape index (κ2) is 4.45. The van der Waals surface area contributed by atoms with Gasteiger partial charge >= 0.3 is 0 Å². The molecule has 0 amide bonds. The lowest BCUT2D eigenvalue weighted by atomic mass is 10.1. The van der Waals surface area contributed by atoms with Crippen molar-refractivity contribution in [2.45, 2.75) is 12.8 Å². The molecule has 4 heteroatoms. The molecule has 0 atom stereocenters. The van der Waals surface area contributed by atoms with E-state index in [0.29, 0.717) is 24.2 Å². The predicted octanol–water partition coefficient (Wildman–Crippen LogP) is 0.989. The highest BCUT2D eigenvalue weighted by Crippen LogP contribution is 2.08. The molecule has 1 aromatic rings. The average molecular weight is 181 g/mol. The zero-order valence-electron chi connectivity index (χ0n) is 7.20. The van der Waals surface area contributed by atoms with Crippen LogP contribution in [0.25, 0.3) is 0 Å². The first-order valence-corrected chi connectivity index (χ1v) is 3.99. The van der Waals surface area contributed by atoms with Gasteiger partial charge in [-0.15, -0.1) is 0 Å². The van der Waals surface area contributed by atoms with Crippen LogP contribution in [0.3, 0.4) is 0 Å². The van der Waals surface area contributed by atoms with E-state index in [9.17, 15) is 4.39 Å². The summed E-state index contributed by atoms with van der Waals surface area (Å²) in [6, 6.07) is 6.58. The lowest BCUT2D eigenvalue weighted by Gasteiger charge is -2.01. The number of benzene rings is 1. The van der Waals surface area contributed by atoms with Crippen LogP contribution in [-0.4, -0.2) is 5.84 Å². The van der Waals surface area contributed by atoms with Crippen molar-refractivity contribution in [3.8, 4) is 0 Å². The molecule has 1 aromatic carbocycles. The second-order valence-corrected chi connectivity index (χ2v) is 2.71. The van der Waals surface area contributed by atoms with Crippen LogP contribution in [0.1, 0.15) is 12.0 Å². The summed E-state index contributed by atoms with van der Waals surface area (Å²) < 4.78 is 13.0. The minimum Gasteiger partial charge on any atom is -0.386 e. The Morgan fingerprint density at radius 1 is 1.38 bits per heavy atom. The van der Waals surface area contributed by atoms with Crippen molar-refractivity contribution >= 4 is 5.84 Å². The van der Waals surface area contributed by atoms with E-state index in [1.165, 1.54) is 6.07 Å². The Balaban J connectivity index is 2.60. The van der Waals surface area contributed by atoms with Gasteiger partial charge in [-0.1, -0.05) is 18.2 Å². The van der Waals surface area contributed by atoms with E-state index in [4.69, 9.17) is 11.6 Å². The van der Waals surface area contributed by atoms with Crippen molar-refractivity contribution in [1.82, 2.24) is 0 Å². The molecule has 4 N–H and O–H groups in total. The van der Waals surface area contributed by atoms with Gasteiger partial charge in [0.25, 0.3) is 0 Å². The largest absolute Gasteiger partial charge is 0.386 e. The normalized spacial score (nSPS) is 11.6. The maximum Gasteiger partial charge on any atom is 0.126 e. The van der Waals surface area contributed by atoms with Crippen LogP contribution in [0.15, 0.2) is 29.4 Å². The Morgan fingerprint density at radius 2 is 2.08 bits per heavy atom. The van der Waals surface area contributed by atoms with Crippen molar-refractivity contribution < 1.29 is 4.39 Å². The van der Waals surface area contributed by atoms with Gasteiger partial charge in [-0.25, -0.2) is 4.39 Å². The number of hydrogen-bond acceptors (Lipinski definition) is 2. The molecule has 0 spiro atoms. The number of nitrogens with zero attached hydrogens (tertiary/aromatic N) is 1. The van der Waals surface area contributed by atoms with Crippen LogP contribution < -0.4 is 11.6 Å². The number of rotatable bonds is 3. The predicted molar refractivity (Wildman–Crippen MR) is 50.5 cm³/mol. The van der Waals surface area contributed by atoms with Gasteiger partial charge in [-0.05, 0) is 18.1 Å². The third-order valence-electron chi connectivity index (χ3n) is 1.77. The highest BCUT2D eigenvalue weighted by Gasteiger charge is 2.00. The van der Waals surface area contributed by atoms with Crippen molar-refractivity contribution in [1.29, 1.82) is 0 Å². The molecule has 0 saturated carbocycles. The molecule has 0 bridgehead atoms. The third kappa shape index (κ3) is 2.74. The zero-order chi connectivity index (χ0) is 9.68. The summed E-state index contributed by atoms with van der Waals surface area (Å²) in [6.45, 7) is 0. The summed E-state index contributed by atoms with van der Waals surface area (Å²) in [4.78, 5) is 0. The summed E-state index contributed by atoms with van der Waals surface area (Å²) in [6.07, 6.45) is 1.01. The Bertz CT molecular complexity index is 309. The molecule has 0 aliphatic rings. The summed E-state index contributed by atoms with van der Waals surface area (Å²) in [7, 11) is 0. The smallest absolute Gasteiger partial charge is 0.126 e. The van der Waals surface area contributed by atoms with E-state index < -0.39 is 0 Å². The van der Waals surface area contributed by atoms with Gasteiger partial charge in [0.2, 0.25) is 0 Å². The molecule has 1 rings (SSSR count). The van der Waals surface area contributed by atoms with E-state index >= 15 is 0 Å². The molecule has 0 saturated heterocycles. The average Bonchev–Trinajstić information content (AvgIpc) is 2.16. The fourth-order valence-electron chi connectivity index (χ4n) is 1.03. The minimum absolute atomic E-state index is 0.215. The summed E-state index contributed by atoms with van der Waals surface area (Å²) in [5.74, 6) is 5.06. The van der Waals surface area contributed by atoms with E-state index in [-0.39, 0.29) is 5.82 Å². The first-order chi connectivity index (χ1) is 6.24. The number of amidine groups is 1. The summed E-state index contributed by atoms with van der Waals surface area (Å²) in [5.41, 5.74) is 6.01. The Hall–Kier alpha value is -1.58. The van der Waals surface area contributed by atoms with Crippen molar-refractivity contribution in [3.63, 3.8) is 0 Å². The first-order valence-electron chi connectivity index (χ1n) is 3.99. The zero-order valence-corrected chi connectivity index (χ0v) is 7.20. The van der Waals surface area contributed by atoms with Crippen LogP contribution in [0.5, 0.6) is 0 Å². The molecule has 0 aromatic heterocycles. The van der Waals surface area contributed by atoms with Crippen LogP contribution in [0, 0.1) is 5.82 Å². The van der Waals surface area contributed by atoms with Crippen LogP contribution in [-0.2, 0) is 6.42 Å². The Kier molecular flexibility index (Phi) is 3.25. The first kappa shape index (κ1) is 9.51. The molecule has 0 aliphatic carbocycles. The quantitative estimate of drug-likeness (QED) is 0.316. The lowest BCUT2D eigenvalue weighted by Crippen LogP contribution is -2.15.